The van der Waals surface area contributed by atoms with Crippen LogP contribution in [-0.2, 0) is 14.2 Å². The van der Waals surface area contributed by atoms with Gasteiger partial charge in [-0.15, -0.1) is 0 Å². The van der Waals surface area contributed by atoms with Crippen molar-refractivity contribution in [3.8, 4) is 23.0 Å². The standard InChI is InChI=1S/C25H28O15/c1-36-13-4-12-8(2-10(13)28)16(30)9-3-11(29)15(18(32)20(9)38-12)21-22(19(33)17(31)14(5-26)39-21)40-24-23(34)25(35,6-27)7-37-24/h2-4,14,17,19,21-24,26-29,31-35H,5-7H2,1H3. The Morgan fingerprint density at radius 1 is 1.02 bits per heavy atom. The summed E-state index contributed by atoms with van der Waals surface area (Å²) in [5, 5.41) is 93.1. The molecule has 2 aromatic carbocycles. The van der Waals surface area contributed by atoms with Crippen LogP contribution in [0.1, 0.15) is 11.7 Å². The molecule has 3 aromatic rings. The second-order valence-corrected chi connectivity index (χ2v) is 9.73. The van der Waals surface area contributed by atoms with Crippen LogP contribution in [0.5, 0.6) is 23.0 Å². The lowest BCUT2D eigenvalue weighted by molar-refractivity contribution is -0.287. The van der Waals surface area contributed by atoms with E-state index in [-0.39, 0.29) is 27.9 Å². The Kier molecular flexibility index (Phi) is 7.28. The molecule has 40 heavy (non-hydrogen) atoms. The molecular formula is C25H28O15. The van der Waals surface area contributed by atoms with Crippen LogP contribution >= 0.6 is 0 Å². The molecule has 5 rings (SSSR count). The number of phenolic OH excluding ortho intramolecular Hbond substituents is 3. The summed E-state index contributed by atoms with van der Waals surface area (Å²) in [6, 6.07) is 3.26. The van der Waals surface area contributed by atoms with Gasteiger partial charge < -0.3 is 69.3 Å². The maximum atomic E-state index is 13.2. The van der Waals surface area contributed by atoms with E-state index in [0.29, 0.717) is 0 Å². The van der Waals surface area contributed by atoms with E-state index in [9.17, 15) is 50.8 Å². The van der Waals surface area contributed by atoms with Crippen LogP contribution in [0.2, 0.25) is 0 Å². The Morgan fingerprint density at radius 2 is 1.73 bits per heavy atom. The first-order chi connectivity index (χ1) is 18.9. The van der Waals surface area contributed by atoms with Crippen LogP contribution in [0.15, 0.2) is 27.4 Å². The Bertz CT molecular complexity index is 1490. The first kappa shape index (κ1) is 28.3. The molecule has 0 bridgehead atoms. The fourth-order valence-corrected chi connectivity index (χ4v) is 4.97. The smallest absolute Gasteiger partial charge is 0.200 e. The molecule has 15 heteroatoms. The molecule has 2 aliphatic rings. The molecule has 0 saturated carbocycles. The minimum absolute atomic E-state index is 0.0292. The van der Waals surface area contributed by atoms with E-state index in [1.165, 1.54) is 13.2 Å². The number of benzene rings is 2. The summed E-state index contributed by atoms with van der Waals surface area (Å²) in [7, 11) is 1.28. The maximum absolute atomic E-state index is 13.2. The average molecular weight is 568 g/mol. The minimum atomic E-state index is -2.10. The van der Waals surface area contributed by atoms with Gasteiger partial charge in [0, 0.05) is 6.07 Å². The number of rotatable bonds is 6. The third kappa shape index (κ3) is 4.32. The molecule has 2 aliphatic heterocycles. The van der Waals surface area contributed by atoms with E-state index < -0.39 is 96.4 Å². The van der Waals surface area contributed by atoms with E-state index in [0.717, 1.165) is 12.1 Å². The van der Waals surface area contributed by atoms with Crippen molar-refractivity contribution in [1.29, 1.82) is 0 Å². The number of ether oxygens (including phenoxy) is 4. The number of aliphatic hydroxyl groups excluding tert-OH is 5. The Labute approximate surface area is 224 Å². The number of fused-ring (bicyclic) bond motifs is 2. The topological polar surface area (TPSA) is 249 Å². The van der Waals surface area contributed by atoms with Crippen molar-refractivity contribution in [2.45, 2.75) is 48.5 Å². The Hall–Kier alpha value is -3.25. The van der Waals surface area contributed by atoms with E-state index in [1.54, 1.807) is 0 Å². The first-order valence-electron chi connectivity index (χ1n) is 12.1. The third-order valence-electron chi connectivity index (χ3n) is 7.28. The van der Waals surface area contributed by atoms with Crippen molar-refractivity contribution < 1.29 is 69.3 Å². The largest absolute Gasteiger partial charge is 0.507 e. The Morgan fingerprint density at radius 3 is 2.35 bits per heavy atom. The summed E-state index contributed by atoms with van der Waals surface area (Å²) in [6.45, 7) is -2.24. The molecule has 15 nitrogen and oxygen atoms in total. The van der Waals surface area contributed by atoms with Crippen LogP contribution in [0, 0.1) is 0 Å². The van der Waals surface area contributed by atoms with Crippen molar-refractivity contribution in [2.75, 3.05) is 26.9 Å². The molecule has 2 fully saturated rings. The third-order valence-corrected chi connectivity index (χ3v) is 7.28. The predicted molar refractivity (Wildman–Crippen MR) is 131 cm³/mol. The number of aliphatic hydroxyl groups is 6. The zero-order chi connectivity index (χ0) is 29.1. The van der Waals surface area contributed by atoms with E-state index in [4.69, 9.17) is 23.4 Å². The SMILES string of the molecule is COc1cc2oc3c(O)c(C4OC(CO)C(O)C(O)C4OC4OCC(O)(CO)C4O)c(O)cc3c(=O)c2cc1O. The molecule has 3 heterocycles. The normalized spacial score (nSPS) is 32.6. The highest BCUT2D eigenvalue weighted by molar-refractivity contribution is 5.95. The molecule has 8 unspecified atom stereocenters. The lowest BCUT2D eigenvalue weighted by atomic mass is 9.89. The second kappa shape index (κ2) is 10.3. The zero-order valence-electron chi connectivity index (χ0n) is 20.9. The van der Waals surface area contributed by atoms with Gasteiger partial charge in [-0.3, -0.25) is 4.79 Å². The molecule has 8 atom stereocenters. The van der Waals surface area contributed by atoms with Crippen LogP contribution in [0.4, 0.5) is 0 Å². The van der Waals surface area contributed by atoms with Crippen LogP contribution < -0.4 is 10.2 Å². The second-order valence-electron chi connectivity index (χ2n) is 9.73. The molecule has 0 spiro atoms. The number of methoxy groups -OCH3 is 1. The van der Waals surface area contributed by atoms with Crippen LogP contribution in [0.25, 0.3) is 21.9 Å². The van der Waals surface area contributed by atoms with Gasteiger partial charge in [0.05, 0.1) is 43.3 Å². The number of hydrogen-bond donors (Lipinski definition) is 9. The number of hydrogen-bond acceptors (Lipinski definition) is 15. The molecule has 0 amide bonds. The van der Waals surface area contributed by atoms with E-state index >= 15 is 0 Å². The van der Waals surface area contributed by atoms with Crippen molar-refractivity contribution >= 4 is 21.9 Å². The van der Waals surface area contributed by atoms with Gasteiger partial charge in [-0.2, -0.15) is 0 Å². The molecule has 2 saturated heterocycles. The fourth-order valence-electron chi connectivity index (χ4n) is 4.97. The lowest BCUT2D eigenvalue weighted by Crippen LogP contribution is -2.58. The first-order valence-corrected chi connectivity index (χ1v) is 12.1. The summed E-state index contributed by atoms with van der Waals surface area (Å²) in [6.07, 6.45) is -11.9. The quantitative estimate of drug-likeness (QED) is 0.147. The van der Waals surface area contributed by atoms with Crippen LogP contribution in [0.3, 0.4) is 0 Å². The highest BCUT2D eigenvalue weighted by atomic mass is 16.7. The summed E-state index contributed by atoms with van der Waals surface area (Å²) >= 11 is 0. The molecule has 1 aromatic heterocycles. The maximum Gasteiger partial charge on any atom is 0.200 e. The minimum Gasteiger partial charge on any atom is -0.507 e. The van der Waals surface area contributed by atoms with Crippen molar-refractivity contribution in [1.82, 2.24) is 0 Å². The predicted octanol–water partition coefficient (Wildman–Crippen LogP) is -1.95. The van der Waals surface area contributed by atoms with Crippen molar-refractivity contribution in [3.63, 3.8) is 0 Å². The van der Waals surface area contributed by atoms with Gasteiger partial charge in [0.15, 0.2) is 29.1 Å². The van der Waals surface area contributed by atoms with Crippen LogP contribution in [-0.4, -0.2) is 115 Å². The molecule has 0 radical (unpaired) electrons. The summed E-state index contributed by atoms with van der Waals surface area (Å²) in [5.74, 6) is -1.93. The fraction of sp³-hybridized carbons (Fsp3) is 0.480. The van der Waals surface area contributed by atoms with Gasteiger partial charge in [0.1, 0.15) is 53.6 Å². The molecule has 9 N–H and O–H groups in total. The van der Waals surface area contributed by atoms with Gasteiger partial charge in [0.25, 0.3) is 0 Å². The Balaban J connectivity index is 1.65. The summed E-state index contributed by atoms with van der Waals surface area (Å²) in [4.78, 5) is 13.2. The molecular weight excluding hydrogens is 540 g/mol. The average Bonchev–Trinajstić information content (AvgIpc) is 3.22. The van der Waals surface area contributed by atoms with Gasteiger partial charge in [-0.25, -0.2) is 0 Å². The highest BCUT2D eigenvalue weighted by Crippen LogP contribution is 2.47. The van der Waals surface area contributed by atoms with E-state index in [1.807, 2.05) is 0 Å². The lowest BCUT2D eigenvalue weighted by Gasteiger charge is -2.43. The van der Waals surface area contributed by atoms with Crippen molar-refractivity contribution in [3.05, 3.63) is 34.0 Å². The van der Waals surface area contributed by atoms with Gasteiger partial charge in [0.2, 0.25) is 5.43 Å². The molecule has 218 valence electrons. The highest BCUT2D eigenvalue weighted by Gasteiger charge is 2.53. The van der Waals surface area contributed by atoms with E-state index in [2.05, 4.69) is 0 Å². The monoisotopic (exact) mass is 568 g/mol. The number of phenols is 3. The van der Waals surface area contributed by atoms with Crippen molar-refractivity contribution in [2.24, 2.45) is 0 Å². The summed E-state index contributed by atoms with van der Waals surface area (Å²) in [5.41, 5.74) is -3.81. The zero-order valence-corrected chi connectivity index (χ0v) is 20.9. The summed E-state index contributed by atoms with van der Waals surface area (Å²) < 4.78 is 27.3. The van der Waals surface area contributed by atoms with Gasteiger partial charge in [-0.05, 0) is 12.1 Å². The van der Waals surface area contributed by atoms with Gasteiger partial charge >= 0.3 is 0 Å². The van der Waals surface area contributed by atoms with Gasteiger partial charge in [-0.1, -0.05) is 0 Å². The number of aromatic hydroxyl groups is 3. The molecule has 0 aliphatic carbocycles.